The van der Waals surface area contributed by atoms with Crippen LogP contribution in [0.4, 0.5) is 10.5 Å². The topological polar surface area (TPSA) is 94.2 Å². The molecule has 0 bridgehead atoms. The summed E-state index contributed by atoms with van der Waals surface area (Å²) in [5, 5.41) is 2.23. The molecule has 0 saturated carbocycles. The average Bonchev–Trinajstić information content (AvgIpc) is 2.95. The number of imide groups is 2. The highest BCUT2D eigenvalue weighted by atomic mass is 79.9. The first-order valence-corrected chi connectivity index (χ1v) is 13.9. The molecule has 8 nitrogen and oxygen atoms in total. The van der Waals surface area contributed by atoms with Gasteiger partial charge in [0.2, 0.25) is 0 Å². The normalized spacial score (nSPS) is 15.2. The molecule has 1 heterocycles. The van der Waals surface area contributed by atoms with E-state index in [1.165, 1.54) is 11.6 Å². The predicted octanol–water partition coefficient (Wildman–Crippen LogP) is 6.49. The summed E-state index contributed by atoms with van der Waals surface area (Å²) in [6.07, 6.45) is 2.44. The van der Waals surface area contributed by atoms with Gasteiger partial charge in [-0.1, -0.05) is 54.0 Å². The van der Waals surface area contributed by atoms with Crippen molar-refractivity contribution in [2.45, 2.75) is 33.1 Å². The fraction of sp³-hybridized carbons (Fsp3) is 0.258. The van der Waals surface area contributed by atoms with Gasteiger partial charge in [0, 0.05) is 4.47 Å². The number of anilines is 1. The van der Waals surface area contributed by atoms with Gasteiger partial charge in [0.25, 0.3) is 11.8 Å². The van der Waals surface area contributed by atoms with Crippen molar-refractivity contribution in [2.24, 2.45) is 0 Å². The molecule has 3 aromatic rings. The van der Waals surface area contributed by atoms with Crippen LogP contribution in [0.5, 0.6) is 17.2 Å². The Hall–Kier alpha value is -4.11. The molecule has 0 aliphatic carbocycles. The maximum atomic E-state index is 13.2. The van der Waals surface area contributed by atoms with E-state index in [0.717, 1.165) is 21.5 Å². The van der Waals surface area contributed by atoms with Crippen molar-refractivity contribution in [1.29, 1.82) is 0 Å². The van der Waals surface area contributed by atoms with Crippen LogP contribution >= 0.6 is 15.9 Å². The van der Waals surface area contributed by atoms with Gasteiger partial charge in [-0.25, -0.2) is 9.69 Å². The number of amides is 4. The van der Waals surface area contributed by atoms with E-state index in [1.807, 2.05) is 25.1 Å². The van der Waals surface area contributed by atoms with Crippen LogP contribution in [0.25, 0.3) is 6.08 Å². The van der Waals surface area contributed by atoms with Gasteiger partial charge >= 0.3 is 6.03 Å². The minimum Gasteiger partial charge on any atom is -0.490 e. The van der Waals surface area contributed by atoms with Crippen LogP contribution in [-0.2, 0) is 9.59 Å². The Labute approximate surface area is 242 Å². The number of benzene rings is 3. The molecule has 3 aromatic carbocycles. The van der Waals surface area contributed by atoms with E-state index in [9.17, 15) is 14.4 Å². The van der Waals surface area contributed by atoms with Crippen molar-refractivity contribution in [3.63, 3.8) is 0 Å². The molecule has 1 unspecified atom stereocenters. The zero-order valence-corrected chi connectivity index (χ0v) is 24.2. The summed E-state index contributed by atoms with van der Waals surface area (Å²) >= 11 is 3.33. The molecule has 0 radical (unpaired) electrons. The zero-order chi connectivity index (χ0) is 28.6. The van der Waals surface area contributed by atoms with Gasteiger partial charge in [-0.2, -0.15) is 0 Å². The predicted molar refractivity (Wildman–Crippen MR) is 157 cm³/mol. The first kappa shape index (κ1) is 28.9. The first-order chi connectivity index (χ1) is 19.3. The number of rotatable bonds is 11. The second-order valence-electron chi connectivity index (χ2n) is 9.12. The Morgan fingerprint density at radius 2 is 1.57 bits per heavy atom. The standard InChI is InChI=1S/C31H31BrN2O6/c1-4-20(3)24-8-6-7-9-26(24)39-16-17-40-27-15-10-21(19-28(27)38-5-2)18-25-29(35)33-31(37)34(30(25)36)23-13-11-22(32)12-14-23/h6-15,18-20H,4-5,16-17H2,1-3H3,(H,33,35,37)/b25-18-. The summed E-state index contributed by atoms with van der Waals surface area (Å²) in [7, 11) is 0. The molecule has 208 valence electrons. The lowest BCUT2D eigenvalue weighted by atomic mass is 9.98. The number of halogens is 1. The van der Waals surface area contributed by atoms with Crippen LogP contribution in [0.3, 0.4) is 0 Å². The SMILES string of the molecule is CCOc1cc(/C=C2/C(=O)NC(=O)N(c3ccc(Br)cc3)C2=O)ccc1OCCOc1ccccc1C(C)CC. The third kappa shape index (κ3) is 6.71. The molecule has 4 amide bonds. The van der Waals surface area contributed by atoms with Gasteiger partial charge in [0.15, 0.2) is 11.5 Å². The van der Waals surface area contributed by atoms with Crippen molar-refractivity contribution in [2.75, 3.05) is 24.7 Å². The minimum atomic E-state index is -0.804. The number of carbonyl (C=O) groups excluding carboxylic acids is 3. The van der Waals surface area contributed by atoms with Crippen molar-refractivity contribution >= 4 is 45.5 Å². The minimum absolute atomic E-state index is 0.174. The largest absolute Gasteiger partial charge is 0.490 e. The number of barbiturate groups is 1. The summed E-state index contributed by atoms with van der Waals surface area (Å²) in [6.45, 7) is 7.20. The molecule has 1 saturated heterocycles. The fourth-order valence-corrected chi connectivity index (χ4v) is 4.46. The monoisotopic (exact) mass is 606 g/mol. The third-order valence-corrected chi connectivity index (χ3v) is 6.95. The molecule has 1 aliphatic rings. The van der Waals surface area contributed by atoms with E-state index >= 15 is 0 Å². The summed E-state index contributed by atoms with van der Waals surface area (Å²) in [4.78, 5) is 39.1. The van der Waals surface area contributed by atoms with E-state index < -0.39 is 17.8 Å². The Morgan fingerprint density at radius 1 is 0.875 bits per heavy atom. The second kappa shape index (κ2) is 13.3. The molecule has 4 rings (SSSR count). The lowest BCUT2D eigenvalue weighted by Crippen LogP contribution is -2.54. The molecule has 9 heteroatoms. The van der Waals surface area contributed by atoms with E-state index in [2.05, 4.69) is 41.2 Å². The molecule has 1 atom stereocenters. The number of hydrogen-bond acceptors (Lipinski definition) is 6. The molecule has 1 fully saturated rings. The number of nitrogens with one attached hydrogen (secondary N) is 1. The smallest absolute Gasteiger partial charge is 0.335 e. The molecule has 0 aromatic heterocycles. The van der Waals surface area contributed by atoms with Gasteiger partial charge in [-0.05, 0) is 78.9 Å². The summed E-state index contributed by atoms with van der Waals surface area (Å²) < 4.78 is 18.5. The maximum absolute atomic E-state index is 13.2. The average molecular weight is 608 g/mol. The highest BCUT2D eigenvalue weighted by molar-refractivity contribution is 9.10. The summed E-state index contributed by atoms with van der Waals surface area (Å²) in [5.74, 6) is 0.719. The Bertz CT molecular complexity index is 1420. The van der Waals surface area contributed by atoms with E-state index in [4.69, 9.17) is 14.2 Å². The number of carbonyl (C=O) groups is 3. The summed E-state index contributed by atoms with van der Waals surface area (Å²) in [5.41, 5.74) is 1.88. The number of urea groups is 1. The Kier molecular flexibility index (Phi) is 9.60. The van der Waals surface area contributed by atoms with Gasteiger partial charge in [-0.15, -0.1) is 0 Å². The number of ether oxygens (including phenoxy) is 3. The Balaban J connectivity index is 1.48. The lowest BCUT2D eigenvalue weighted by molar-refractivity contribution is -0.122. The first-order valence-electron chi connectivity index (χ1n) is 13.1. The van der Waals surface area contributed by atoms with E-state index in [-0.39, 0.29) is 5.57 Å². The third-order valence-electron chi connectivity index (χ3n) is 6.43. The van der Waals surface area contributed by atoms with Crippen LogP contribution in [0.15, 0.2) is 76.8 Å². The fourth-order valence-electron chi connectivity index (χ4n) is 4.19. The molecule has 1 aliphatic heterocycles. The Morgan fingerprint density at radius 3 is 2.27 bits per heavy atom. The van der Waals surface area contributed by atoms with Crippen LogP contribution in [-0.4, -0.2) is 37.7 Å². The summed E-state index contributed by atoms with van der Waals surface area (Å²) in [6, 6.07) is 19.0. The molecule has 1 N–H and O–H groups in total. The van der Waals surface area contributed by atoms with Crippen LogP contribution in [0, 0.1) is 0 Å². The number of para-hydroxylation sites is 1. The van der Waals surface area contributed by atoms with Crippen LogP contribution in [0.2, 0.25) is 0 Å². The zero-order valence-electron chi connectivity index (χ0n) is 22.6. The second-order valence-corrected chi connectivity index (χ2v) is 10.0. The van der Waals surface area contributed by atoms with E-state index in [1.54, 1.807) is 42.5 Å². The van der Waals surface area contributed by atoms with Crippen molar-refractivity contribution < 1.29 is 28.6 Å². The molecule has 0 spiro atoms. The van der Waals surface area contributed by atoms with Crippen molar-refractivity contribution in [3.05, 3.63) is 87.9 Å². The van der Waals surface area contributed by atoms with Gasteiger partial charge in [-0.3, -0.25) is 14.9 Å². The van der Waals surface area contributed by atoms with Crippen LogP contribution < -0.4 is 24.4 Å². The van der Waals surface area contributed by atoms with E-state index in [0.29, 0.717) is 48.5 Å². The highest BCUT2D eigenvalue weighted by Gasteiger charge is 2.36. The number of hydrogen-bond donors (Lipinski definition) is 1. The van der Waals surface area contributed by atoms with Gasteiger partial charge < -0.3 is 14.2 Å². The molecular weight excluding hydrogens is 576 g/mol. The van der Waals surface area contributed by atoms with Gasteiger partial charge in [0.1, 0.15) is 24.5 Å². The molecule has 40 heavy (non-hydrogen) atoms. The maximum Gasteiger partial charge on any atom is 0.335 e. The number of nitrogens with zero attached hydrogens (tertiary/aromatic N) is 1. The highest BCUT2D eigenvalue weighted by Crippen LogP contribution is 2.31. The van der Waals surface area contributed by atoms with Gasteiger partial charge in [0.05, 0.1) is 12.3 Å². The van der Waals surface area contributed by atoms with Crippen molar-refractivity contribution in [1.82, 2.24) is 5.32 Å². The van der Waals surface area contributed by atoms with Crippen LogP contribution in [0.1, 0.15) is 44.2 Å². The molecular formula is C31H31BrN2O6. The van der Waals surface area contributed by atoms with Crippen molar-refractivity contribution in [3.8, 4) is 17.2 Å². The quantitative estimate of drug-likeness (QED) is 0.152. The lowest BCUT2D eigenvalue weighted by Gasteiger charge is -2.26.